The highest BCUT2D eigenvalue weighted by Crippen LogP contribution is 2.26. The summed E-state index contributed by atoms with van der Waals surface area (Å²) in [5.74, 6) is 0.486. The van der Waals surface area contributed by atoms with Crippen LogP contribution in [0.3, 0.4) is 0 Å². The van der Waals surface area contributed by atoms with E-state index < -0.39 is 0 Å². The fourth-order valence-corrected chi connectivity index (χ4v) is 2.89. The van der Waals surface area contributed by atoms with Crippen molar-refractivity contribution in [2.24, 2.45) is 0 Å². The van der Waals surface area contributed by atoms with E-state index in [1.807, 2.05) is 12.4 Å². The van der Waals surface area contributed by atoms with Crippen LogP contribution in [0.2, 0.25) is 0 Å². The molecule has 0 unspecified atom stereocenters. The normalized spacial score (nSPS) is 11.0. The lowest BCUT2D eigenvalue weighted by molar-refractivity contribution is 0.0792. The second-order valence-corrected chi connectivity index (χ2v) is 6.50. The largest absolute Gasteiger partial charge is 0.339 e. The van der Waals surface area contributed by atoms with Crippen molar-refractivity contribution in [3.05, 3.63) is 40.9 Å². The number of benzene rings is 1. The first-order valence-electron chi connectivity index (χ1n) is 7.49. The van der Waals surface area contributed by atoms with Gasteiger partial charge in [-0.15, -0.1) is 11.3 Å². The molecule has 0 aliphatic carbocycles. The molecule has 2 aromatic rings. The van der Waals surface area contributed by atoms with Gasteiger partial charge in [0.25, 0.3) is 5.91 Å². The molecule has 5 heteroatoms. The number of rotatable bonds is 6. The van der Waals surface area contributed by atoms with Crippen molar-refractivity contribution < 1.29 is 4.79 Å². The van der Waals surface area contributed by atoms with Gasteiger partial charge in [0, 0.05) is 31.1 Å². The van der Waals surface area contributed by atoms with Gasteiger partial charge in [-0.3, -0.25) is 4.79 Å². The topological polar surface area (TPSA) is 45.2 Å². The number of likely N-dealkylation sites (N-methyl/N-ethyl adjacent to an activating group) is 2. The molecule has 0 spiro atoms. The van der Waals surface area contributed by atoms with Crippen molar-refractivity contribution in [1.82, 2.24) is 15.2 Å². The van der Waals surface area contributed by atoms with Gasteiger partial charge in [0.05, 0.1) is 0 Å². The van der Waals surface area contributed by atoms with Gasteiger partial charge in [-0.25, -0.2) is 4.98 Å². The smallest absolute Gasteiger partial charge is 0.273 e. The number of hydrogen-bond acceptors (Lipinski definition) is 4. The van der Waals surface area contributed by atoms with Crippen molar-refractivity contribution in [3.63, 3.8) is 0 Å². The molecule has 0 saturated carbocycles. The van der Waals surface area contributed by atoms with E-state index in [1.165, 1.54) is 16.9 Å². The quantitative estimate of drug-likeness (QED) is 0.890. The predicted molar refractivity (Wildman–Crippen MR) is 92.5 cm³/mol. The lowest BCUT2D eigenvalue weighted by Crippen LogP contribution is -2.32. The summed E-state index contributed by atoms with van der Waals surface area (Å²) in [6.07, 6.45) is 0. The van der Waals surface area contributed by atoms with Crippen LogP contribution < -0.4 is 5.32 Å². The summed E-state index contributed by atoms with van der Waals surface area (Å²) in [7, 11) is 3.68. The first kappa shape index (κ1) is 16.6. The molecule has 1 aromatic heterocycles. The molecule has 4 nitrogen and oxygen atoms in total. The Kier molecular flexibility index (Phi) is 5.69. The first-order chi connectivity index (χ1) is 10.5. The standard InChI is InChI=1S/C17H23N3OS/c1-12(2)13-5-7-14(8-6-13)16-19-15(11-22-16)17(21)20(4)10-9-18-3/h5-8,11-12,18H,9-10H2,1-4H3. The zero-order chi connectivity index (χ0) is 16.1. The van der Waals surface area contributed by atoms with Crippen molar-refractivity contribution in [3.8, 4) is 10.6 Å². The Morgan fingerprint density at radius 1 is 1.32 bits per heavy atom. The van der Waals surface area contributed by atoms with E-state index in [9.17, 15) is 4.79 Å². The maximum absolute atomic E-state index is 12.3. The Bertz CT molecular complexity index is 619. The average molecular weight is 317 g/mol. The molecule has 22 heavy (non-hydrogen) atoms. The van der Waals surface area contributed by atoms with Crippen LogP contribution in [0.25, 0.3) is 10.6 Å². The second-order valence-electron chi connectivity index (χ2n) is 5.64. The maximum atomic E-state index is 12.3. The summed E-state index contributed by atoms with van der Waals surface area (Å²) in [5.41, 5.74) is 2.89. The van der Waals surface area contributed by atoms with E-state index in [0.717, 1.165) is 17.1 Å². The number of carbonyl (C=O) groups is 1. The van der Waals surface area contributed by atoms with Gasteiger partial charge >= 0.3 is 0 Å². The SMILES string of the molecule is CNCCN(C)C(=O)c1csc(-c2ccc(C(C)C)cc2)n1. The molecular formula is C17H23N3OS. The molecule has 1 N–H and O–H groups in total. The zero-order valence-corrected chi connectivity index (χ0v) is 14.4. The number of nitrogens with one attached hydrogen (secondary N) is 1. The summed E-state index contributed by atoms with van der Waals surface area (Å²) in [6, 6.07) is 8.41. The minimum Gasteiger partial charge on any atom is -0.339 e. The Balaban J connectivity index is 2.12. The van der Waals surface area contributed by atoms with E-state index in [4.69, 9.17) is 0 Å². The molecule has 0 fully saturated rings. The molecule has 0 saturated heterocycles. The van der Waals surface area contributed by atoms with E-state index in [1.54, 1.807) is 11.9 Å². The van der Waals surface area contributed by atoms with E-state index >= 15 is 0 Å². The van der Waals surface area contributed by atoms with Crippen LogP contribution in [0.4, 0.5) is 0 Å². The van der Waals surface area contributed by atoms with E-state index in [0.29, 0.717) is 18.2 Å². The summed E-state index contributed by atoms with van der Waals surface area (Å²) < 4.78 is 0. The maximum Gasteiger partial charge on any atom is 0.273 e. The van der Waals surface area contributed by atoms with Gasteiger partial charge in [0.2, 0.25) is 0 Å². The highest BCUT2D eigenvalue weighted by molar-refractivity contribution is 7.13. The van der Waals surface area contributed by atoms with E-state index in [-0.39, 0.29) is 5.91 Å². The van der Waals surface area contributed by atoms with Crippen LogP contribution in [-0.2, 0) is 0 Å². The van der Waals surface area contributed by atoms with Crippen LogP contribution in [0.15, 0.2) is 29.6 Å². The molecule has 1 heterocycles. The number of carbonyl (C=O) groups excluding carboxylic acids is 1. The molecule has 1 amide bonds. The Morgan fingerprint density at radius 3 is 2.59 bits per heavy atom. The lowest BCUT2D eigenvalue weighted by Gasteiger charge is -2.15. The highest BCUT2D eigenvalue weighted by Gasteiger charge is 2.15. The third kappa shape index (κ3) is 3.93. The minimum absolute atomic E-state index is 0.0310. The third-order valence-corrected chi connectivity index (χ3v) is 4.48. The number of thiazole rings is 1. The summed E-state index contributed by atoms with van der Waals surface area (Å²) in [4.78, 5) is 18.5. The monoisotopic (exact) mass is 317 g/mol. The number of amides is 1. The first-order valence-corrected chi connectivity index (χ1v) is 8.36. The average Bonchev–Trinajstić information content (AvgIpc) is 3.01. The molecule has 0 bridgehead atoms. The molecule has 0 aliphatic heterocycles. The van der Waals surface area contributed by atoms with Gasteiger partial charge in [0.1, 0.15) is 10.7 Å². The van der Waals surface area contributed by atoms with Gasteiger partial charge < -0.3 is 10.2 Å². The Morgan fingerprint density at radius 2 is 2.00 bits per heavy atom. The summed E-state index contributed by atoms with van der Waals surface area (Å²) >= 11 is 1.51. The summed E-state index contributed by atoms with van der Waals surface area (Å²) in [6.45, 7) is 5.80. The third-order valence-electron chi connectivity index (χ3n) is 3.59. The van der Waals surface area contributed by atoms with Crippen LogP contribution >= 0.6 is 11.3 Å². The van der Waals surface area contributed by atoms with E-state index in [2.05, 4.69) is 48.4 Å². The van der Waals surface area contributed by atoms with Gasteiger partial charge in [0.15, 0.2) is 0 Å². The highest BCUT2D eigenvalue weighted by atomic mass is 32.1. The zero-order valence-electron chi connectivity index (χ0n) is 13.6. The molecule has 0 atom stereocenters. The molecule has 0 aliphatic rings. The molecule has 2 rings (SSSR count). The van der Waals surface area contributed by atoms with Crippen molar-refractivity contribution >= 4 is 17.2 Å². The number of aromatic nitrogens is 1. The fraction of sp³-hybridized carbons (Fsp3) is 0.412. The number of hydrogen-bond donors (Lipinski definition) is 1. The summed E-state index contributed by atoms with van der Waals surface area (Å²) in [5, 5.41) is 5.77. The van der Waals surface area contributed by atoms with Crippen LogP contribution in [0, 0.1) is 0 Å². The molecule has 118 valence electrons. The van der Waals surface area contributed by atoms with Crippen molar-refractivity contribution in [1.29, 1.82) is 0 Å². The van der Waals surface area contributed by atoms with Crippen LogP contribution in [0.5, 0.6) is 0 Å². The van der Waals surface area contributed by atoms with Crippen molar-refractivity contribution in [2.75, 3.05) is 27.2 Å². The Hall–Kier alpha value is -1.72. The fourth-order valence-electron chi connectivity index (χ4n) is 2.09. The van der Waals surface area contributed by atoms with Crippen molar-refractivity contribution in [2.45, 2.75) is 19.8 Å². The second kappa shape index (κ2) is 7.51. The van der Waals surface area contributed by atoms with Gasteiger partial charge in [-0.2, -0.15) is 0 Å². The van der Waals surface area contributed by atoms with Gasteiger partial charge in [-0.1, -0.05) is 38.1 Å². The minimum atomic E-state index is -0.0310. The van der Waals surface area contributed by atoms with Crippen LogP contribution in [0.1, 0.15) is 35.8 Å². The number of nitrogens with zero attached hydrogens (tertiary/aromatic N) is 2. The van der Waals surface area contributed by atoms with Crippen LogP contribution in [-0.4, -0.2) is 43.0 Å². The Labute approximate surface area is 136 Å². The molecule has 0 radical (unpaired) electrons. The predicted octanol–water partition coefficient (Wildman–Crippen LogP) is 3.22. The van der Waals surface area contributed by atoms with Gasteiger partial charge in [-0.05, 0) is 18.5 Å². The lowest BCUT2D eigenvalue weighted by atomic mass is 10.0. The molecular weight excluding hydrogens is 294 g/mol. The molecule has 1 aromatic carbocycles.